The molecule has 4 rings (SSSR count). The fourth-order valence-electron chi connectivity index (χ4n) is 2.68. The van der Waals surface area contributed by atoms with Crippen LogP contribution in [0.15, 0.2) is 53.3 Å². The topological polar surface area (TPSA) is 49.2 Å². The fraction of sp³-hybridized carbons (Fsp3) is 0.235. The first-order valence-corrected chi connectivity index (χ1v) is 7.22. The van der Waals surface area contributed by atoms with E-state index in [4.69, 9.17) is 4.42 Å². The molecule has 4 heteroatoms. The third kappa shape index (κ3) is 2.33. The molecule has 2 aromatic heterocycles. The molecule has 106 valence electrons. The van der Waals surface area contributed by atoms with Crippen LogP contribution in [-0.4, -0.2) is 21.8 Å². The molecule has 1 aliphatic rings. The first-order valence-electron chi connectivity index (χ1n) is 7.22. The van der Waals surface area contributed by atoms with E-state index in [-0.39, 0.29) is 5.91 Å². The minimum absolute atomic E-state index is 0.0194. The smallest absolute Gasteiger partial charge is 0.290 e. The molecule has 1 saturated carbocycles. The van der Waals surface area contributed by atoms with Gasteiger partial charge in [-0.2, -0.15) is 0 Å². The van der Waals surface area contributed by atoms with E-state index < -0.39 is 0 Å². The number of carbonyl (C=O) groups is 1. The van der Waals surface area contributed by atoms with Crippen molar-refractivity contribution >= 4 is 16.8 Å². The number of carbonyl (C=O) groups excluding carboxylic acids is 1. The molecule has 1 N–H and O–H groups in total. The molecular weight excluding hydrogens is 264 g/mol. The summed E-state index contributed by atoms with van der Waals surface area (Å²) in [5, 5.41) is 1.19. The first kappa shape index (κ1) is 12.3. The molecule has 1 amide bonds. The average Bonchev–Trinajstić information content (AvgIpc) is 3.02. The molecule has 0 bridgehead atoms. The van der Waals surface area contributed by atoms with Gasteiger partial charge in [0.25, 0.3) is 5.91 Å². The number of aromatic amines is 1. The molecule has 21 heavy (non-hydrogen) atoms. The third-order valence-electron chi connectivity index (χ3n) is 3.95. The van der Waals surface area contributed by atoms with Crippen molar-refractivity contribution in [2.24, 2.45) is 0 Å². The van der Waals surface area contributed by atoms with E-state index in [9.17, 15) is 4.79 Å². The van der Waals surface area contributed by atoms with Gasteiger partial charge in [-0.15, -0.1) is 0 Å². The van der Waals surface area contributed by atoms with Gasteiger partial charge in [0.05, 0.1) is 6.26 Å². The van der Waals surface area contributed by atoms with E-state index >= 15 is 0 Å². The minimum atomic E-state index is -0.0194. The molecule has 1 aliphatic carbocycles. The fourth-order valence-corrected chi connectivity index (χ4v) is 2.68. The highest BCUT2D eigenvalue weighted by molar-refractivity contribution is 5.92. The van der Waals surface area contributed by atoms with Crippen molar-refractivity contribution in [2.75, 3.05) is 0 Å². The van der Waals surface area contributed by atoms with Crippen molar-refractivity contribution < 1.29 is 9.21 Å². The van der Waals surface area contributed by atoms with Crippen LogP contribution in [0.1, 0.15) is 29.0 Å². The summed E-state index contributed by atoms with van der Waals surface area (Å²) >= 11 is 0. The van der Waals surface area contributed by atoms with Crippen LogP contribution >= 0.6 is 0 Å². The zero-order chi connectivity index (χ0) is 14.2. The van der Waals surface area contributed by atoms with Gasteiger partial charge in [0.2, 0.25) is 0 Å². The third-order valence-corrected chi connectivity index (χ3v) is 3.95. The highest BCUT2D eigenvalue weighted by Gasteiger charge is 2.34. The van der Waals surface area contributed by atoms with Gasteiger partial charge in [-0.3, -0.25) is 4.79 Å². The van der Waals surface area contributed by atoms with E-state index in [0.29, 0.717) is 18.3 Å². The van der Waals surface area contributed by atoms with Crippen LogP contribution in [0.4, 0.5) is 0 Å². The molecule has 0 aliphatic heterocycles. The first-order chi connectivity index (χ1) is 10.3. The highest BCUT2D eigenvalue weighted by atomic mass is 16.3. The standard InChI is InChI=1S/C17H16N2O2/c20-17(16-2-1-9-21-16)19(14-5-6-14)11-12-3-4-13-7-8-18-15(13)10-12/h1-4,7-10,14,18H,5-6,11H2. The highest BCUT2D eigenvalue weighted by Crippen LogP contribution is 2.30. The Balaban J connectivity index is 1.61. The molecule has 0 radical (unpaired) electrons. The lowest BCUT2D eigenvalue weighted by atomic mass is 10.1. The van der Waals surface area contributed by atoms with Gasteiger partial charge in [-0.1, -0.05) is 12.1 Å². The molecule has 2 heterocycles. The van der Waals surface area contributed by atoms with Crippen LogP contribution in [0.5, 0.6) is 0 Å². The Hall–Kier alpha value is -2.49. The van der Waals surface area contributed by atoms with Crippen molar-refractivity contribution in [1.82, 2.24) is 9.88 Å². The molecular formula is C17H16N2O2. The van der Waals surface area contributed by atoms with Crippen LogP contribution in [0.3, 0.4) is 0 Å². The number of furan rings is 1. The van der Waals surface area contributed by atoms with Gasteiger partial charge in [0.1, 0.15) is 0 Å². The number of H-pyrrole nitrogens is 1. The predicted octanol–water partition coefficient (Wildman–Crippen LogP) is 3.57. The average molecular weight is 280 g/mol. The van der Waals surface area contributed by atoms with E-state index in [0.717, 1.165) is 23.9 Å². The maximum Gasteiger partial charge on any atom is 0.290 e. The van der Waals surface area contributed by atoms with E-state index in [1.54, 1.807) is 18.4 Å². The van der Waals surface area contributed by atoms with Gasteiger partial charge in [-0.05, 0) is 48.1 Å². The number of hydrogen-bond donors (Lipinski definition) is 1. The number of nitrogens with zero attached hydrogens (tertiary/aromatic N) is 1. The molecule has 0 atom stereocenters. The van der Waals surface area contributed by atoms with Crippen LogP contribution in [0.2, 0.25) is 0 Å². The van der Waals surface area contributed by atoms with E-state index in [1.807, 2.05) is 17.2 Å². The largest absolute Gasteiger partial charge is 0.459 e. The number of aromatic nitrogens is 1. The molecule has 3 aromatic rings. The second-order valence-corrected chi connectivity index (χ2v) is 5.54. The van der Waals surface area contributed by atoms with Crippen molar-refractivity contribution in [3.8, 4) is 0 Å². The minimum Gasteiger partial charge on any atom is -0.459 e. The lowest BCUT2D eigenvalue weighted by Crippen LogP contribution is -2.32. The summed E-state index contributed by atoms with van der Waals surface area (Å²) in [6, 6.07) is 12.2. The van der Waals surface area contributed by atoms with Crippen molar-refractivity contribution in [3.05, 3.63) is 60.2 Å². The number of benzene rings is 1. The Kier molecular flexibility index (Phi) is 2.81. The SMILES string of the molecule is O=C(c1ccco1)N(Cc1ccc2cc[nH]c2c1)C1CC1. The number of hydrogen-bond acceptors (Lipinski definition) is 2. The second-order valence-electron chi connectivity index (χ2n) is 5.54. The summed E-state index contributed by atoms with van der Waals surface area (Å²) in [4.78, 5) is 17.7. The normalized spacial score (nSPS) is 14.5. The monoisotopic (exact) mass is 280 g/mol. The van der Waals surface area contributed by atoms with Crippen LogP contribution in [-0.2, 0) is 6.54 Å². The maximum atomic E-state index is 12.5. The summed E-state index contributed by atoms with van der Waals surface area (Å²) < 4.78 is 5.25. The summed E-state index contributed by atoms with van der Waals surface area (Å²) in [6.07, 6.45) is 5.64. The Bertz CT molecular complexity index is 769. The van der Waals surface area contributed by atoms with E-state index in [1.165, 1.54) is 5.39 Å². The zero-order valence-electron chi connectivity index (χ0n) is 11.6. The predicted molar refractivity (Wildman–Crippen MR) is 79.9 cm³/mol. The quantitative estimate of drug-likeness (QED) is 0.794. The molecule has 0 saturated heterocycles. The number of fused-ring (bicyclic) bond motifs is 1. The zero-order valence-corrected chi connectivity index (χ0v) is 11.6. The van der Waals surface area contributed by atoms with E-state index in [2.05, 4.69) is 23.2 Å². The molecule has 1 aromatic carbocycles. The summed E-state index contributed by atoms with van der Waals surface area (Å²) in [5.74, 6) is 0.400. The van der Waals surface area contributed by atoms with Gasteiger partial charge < -0.3 is 14.3 Å². The molecule has 0 unspecified atom stereocenters. The van der Waals surface area contributed by atoms with Crippen molar-refractivity contribution in [3.63, 3.8) is 0 Å². The molecule has 0 spiro atoms. The molecule has 1 fully saturated rings. The van der Waals surface area contributed by atoms with Crippen LogP contribution in [0.25, 0.3) is 10.9 Å². The Morgan fingerprint density at radius 2 is 2.19 bits per heavy atom. The lowest BCUT2D eigenvalue weighted by Gasteiger charge is -2.21. The van der Waals surface area contributed by atoms with Crippen LogP contribution in [0, 0.1) is 0 Å². The van der Waals surface area contributed by atoms with Gasteiger partial charge in [0, 0.05) is 24.3 Å². The van der Waals surface area contributed by atoms with Gasteiger partial charge in [-0.25, -0.2) is 0 Å². The maximum absolute atomic E-state index is 12.5. The Morgan fingerprint density at radius 3 is 2.95 bits per heavy atom. The van der Waals surface area contributed by atoms with Crippen LogP contribution < -0.4 is 0 Å². The summed E-state index contributed by atoms with van der Waals surface area (Å²) in [6.45, 7) is 0.624. The van der Waals surface area contributed by atoms with Gasteiger partial charge in [0.15, 0.2) is 5.76 Å². The lowest BCUT2D eigenvalue weighted by molar-refractivity contribution is 0.0697. The number of nitrogens with one attached hydrogen (secondary N) is 1. The van der Waals surface area contributed by atoms with Gasteiger partial charge >= 0.3 is 0 Å². The summed E-state index contributed by atoms with van der Waals surface area (Å²) in [7, 11) is 0. The molecule has 4 nitrogen and oxygen atoms in total. The Morgan fingerprint density at radius 1 is 1.29 bits per heavy atom. The second kappa shape index (κ2) is 4.81. The Labute approximate surface area is 122 Å². The number of rotatable bonds is 4. The number of amides is 1. The van der Waals surface area contributed by atoms with Crippen molar-refractivity contribution in [1.29, 1.82) is 0 Å². The van der Waals surface area contributed by atoms with Crippen molar-refractivity contribution in [2.45, 2.75) is 25.4 Å². The summed E-state index contributed by atoms with van der Waals surface area (Å²) in [5.41, 5.74) is 2.24.